The number of oxime groups is 1. The van der Waals surface area contributed by atoms with E-state index in [2.05, 4.69) is 10.1 Å². The van der Waals surface area contributed by atoms with Crippen LogP contribution in [0.25, 0.3) is 4.96 Å². The molecule has 2 rings (SSSR count). The average Bonchev–Trinajstić information content (AvgIpc) is 2.68. The quantitative estimate of drug-likeness (QED) is 0.320. The van der Waals surface area contributed by atoms with Gasteiger partial charge in [-0.1, -0.05) is 5.16 Å². The normalized spacial score (nSPS) is 12.6. The van der Waals surface area contributed by atoms with Crippen LogP contribution in [0, 0.1) is 13.8 Å². The zero-order valence-corrected chi connectivity index (χ0v) is 8.67. The molecule has 6 heteroatoms. The van der Waals surface area contributed by atoms with Crippen LogP contribution in [0.4, 0.5) is 0 Å². The lowest BCUT2D eigenvalue weighted by Crippen LogP contribution is -2.15. The molecule has 0 aromatic carbocycles. The second-order valence-electron chi connectivity index (χ2n) is 3.01. The molecule has 2 aromatic heterocycles. The maximum atomic E-state index is 8.60. The van der Waals surface area contributed by atoms with Crippen LogP contribution in [0.15, 0.2) is 10.5 Å². The molecule has 0 aliphatic rings. The fraction of sp³-hybridized carbons (Fsp3) is 0.250. The van der Waals surface area contributed by atoms with Crippen molar-refractivity contribution in [1.82, 2.24) is 9.38 Å². The zero-order valence-electron chi connectivity index (χ0n) is 7.85. The van der Waals surface area contributed by atoms with Crippen molar-refractivity contribution in [2.75, 3.05) is 0 Å². The lowest BCUT2D eigenvalue weighted by atomic mass is 10.3. The molecule has 0 fully saturated rings. The molecule has 0 saturated carbocycles. The Hall–Kier alpha value is -1.56. The van der Waals surface area contributed by atoms with Gasteiger partial charge in [0.1, 0.15) is 5.69 Å². The molecule has 14 heavy (non-hydrogen) atoms. The largest absolute Gasteiger partial charge is 0.409 e. The first kappa shape index (κ1) is 9.01. The predicted octanol–water partition coefficient (Wildman–Crippen LogP) is 1.11. The summed E-state index contributed by atoms with van der Waals surface area (Å²) < 4.78 is 1.88. The van der Waals surface area contributed by atoms with Crippen LogP contribution in [0.2, 0.25) is 0 Å². The lowest BCUT2D eigenvalue weighted by Gasteiger charge is -1.98. The van der Waals surface area contributed by atoms with Gasteiger partial charge in [0.25, 0.3) is 0 Å². The summed E-state index contributed by atoms with van der Waals surface area (Å²) in [6.07, 6.45) is 0. The molecular formula is C8H10N4OS. The van der Waals surface area contributed by atoms with Gasteiger partial charge >= 0.3 is 0 Å². The minimum Gasteiger partial charge on any atom is -0.409 e. The van der Waals surface area contributed by atoms with Crippen molar-refractivity contribution >= 4 is 22.1 Å². The van der Waals surface area contributed by atoms with Crippen molar-refractivity contribution in [3.8, 4) is 0 Å². The summed E-state index contributed by atoms with van der Waals surface area (Å²) >= 11 is 1.47. The van der Waals surface area contributed by atoms with Crippen LogP contribution in [0.5, 0.6) is 0 Å². The van der Waals surface area contributed by atoms with Gasteiger partial charge in [0.05, 0.1) is 5.69 Å². The van der Waals surface area contributed by atoms with Crippen molar-refractivity contribution in [3.63, 3.8) is 0 Å². The Morgan fingerprint density at radius 1 is 1.64 bits per heavy atom. The second-order valence-corrected chi connectivity index (χ2v) is 3.84. The molecule has 0 saturated heterocycles. The molecular weight excluding hydrogens is 200 g/mol. The summed E-state index contributed by atoms with van der Waals surface area (Å²) in [6.45, 7) is 3.89. The van der Waals surface area contributed by atoms with E-state index in [1.807, 2.05) is 23.6 Å². The van der Waals surface area contributed by atoms with E-state index in [1.165, 1.54) is 11.3 Å². The van der Waals surface area contributed by atoms with Gasteiger partial charge in [-0.3, -0.25) is 4.40 Å². The highest BCUT2D eigenvalue weighted by Crippen LogP contribution is 2.19. The highest BCUT2D eigenvalue weighted by atomic mass is 32.1. The number of hydrogen-bond acceptors (Lipinski definition) is 4. The van der Waals surface area contributed by atoms with Crippen molar-refractivity contribution in [1.29, 1.82) is 0 Å². The van der Waals surface area contributed by atoms with E-state index < -0.39 is 0 Å². The van der Waals surface area contributed by atoms with Crippen LogP contribution >= 0.6 is 11.3 Å². The van der Waals surface area contributed by atoms with Crippen LogP contribution in [-0.2, 0) is 0 Å². The highest BCUT2D eigenvalue weighted by molar-refractivity contribution is 7.15. The smallest absolute Gasteiger partial charge is 0.194 e. The number of aryl methyl sites for hydroxylation is 2. The highest BCUT2D eigenvalue weighted by Gasteiger charge is 2.12. The average molecular weight is 210 g/mol. The van der Waals surface area contributed by atoms with Gasteiger partial charge in [-0.05, 0) is 13.8 Å². The summed E-state index contributed by atoms with van der Waals surface area (Å²) in [5, 5.41) is 13.4. The van der Waals surface area contributed by atoms with Crippen molar-refractivity contribution in [2.45, 2.75) is 13.8 Å². The minimum atomic E-state index is 0.108. The molecule has 74 valence electrons. The maximum Gasteiger partial charge on any atom is 0.194 e. The third-order valence-corrected chi connectivity index (χ3v) is 3.03. The van der Waals surface area contributed by atoms with E-state index >= 15 is 0 Å². The molecule has 2 aromatic rings. The Kier molecular flexibility index (Phi) is 1.92. The molecule has 0 atom stereocenters. The van der Waals surface area contributed by atoms with Gasteiger partial charge in [-0.25, -0.2) is 4.98 Å². The SMILES string of the molecule is Cc1nc2scc(/C(N)=N\O)n2c1C. The van der Waals surface area contributed by atoms with Crippen molar-refractivity contribution in [2.24, 2.45) is 10.9 Å². The molecule has 2 heterocycles. The summed E-state index contributed by atoms with van der Waals surface area (Å²) in [5.74, 6) is 0.108. The Morgan fingerprint density at radius 3 is 3.00 bits per heavy atom. The number of fused-ring (bicyclic) bond motifs is 1. The molecule has 0 aliphatic carbocycles. The van der Waals surface area contributed by atoms with E-state index in [0.29, 0.717) is 5.69 Å². The van der Waals surface area contributed by atoms with Crippen LogP contribution in [0.3, 0.4) is 0 Å². The molecule has 0 unspecified atom stereocenters. The monoisotopic (exact) mass is 210 g/mol. The topological polar surface area (TPSA) is 75.9 Å². The molecule has 0 amide bonds. The first-order valence-corrected chi connectivity index (χ1v) is 4.94. The van der Waals surface area contributed by atoms with Gasteiger partial charge in [0, 0.05) is 11.1 Å². The molecule has 3 N–H and O–H groups in total. The van der Waals surface area contributed by atoms with E-state index in [0.717, 1.165) is 16.3 Å². The number of nitrogens with zero attached hydrogens (tertiary/aromatic N) is 3. The standard InChI is InChI=1S/C8H10N4OS/c1-4-5(2)12-6(7(9)11-13)3-14-8(12)10-4/h3,13H,1-2H3,(H2,9,11). The third kappa shape index (κ3) is 1.07. The fourth-order valence-corrected chi connectivity index (χ4v) is 2.30. The number of nitrogens with two attached hydrogens (primary N) is 1. The van der Waals surface area contributed by atoms with Gasteiger partial charge < -0.3 is 10.9 Å². The van der Waals surface area contributed by atoms with E-state index in [9.17, 15) is 0 Å². The number of rotatable bonds is 1. The molecule has 0 radical (unpaired) electrons. The van der Waals surface area contributed by atoms with Crippen molar-refractivity contribution in [3.05, 3.63) is 22.5 Å². The first-order chi connectivity index (χ1) is 6.65. The Morgan fingerprint density at radius 2 is 2.36 bits per heavy atom. The zero-order chi connectivity index (χ0) is 10.3. The number of amidine groups is 1. The summed E-state index contributed by atoms with van der Waals surface area (Å²) in [6, 6.07) is 0. The number of hydrogen-bond donors (Lipinski definition) is 2. The minimum absolute atomic E-state index is 0.108. The van der Waals surface area contributed by atoms with Crippen LogP contribution < -0.4 is 5.73 Å². The fourth-order valence-electron chi connectivity index (χ4n) is 1.33. The summed E-state index contributed by atoms with van der Waals surface area (Å²) in [7, 11) is 0. The van der Waals surface area contributed by atoms with E-state index in [1.54, 1.807) is 0 Å². The van der Waals surface area contributed by atoms with Gasteiger partial charge in [-0.2, -0.15) is 0 Å². The van der Waals surface area contributed by atoms with E-state index in [-0.39, 0.29) is 5.84 Å². The second kappa shape index (κ2) is 2.98. The number of thiazole rings is 1. The van der Waals surface area contributed by atoms with E-state index in [4.69, 9.17) is 10.9 Å². The summed E-state index contributed by atoms with van der Waals surface area (Å²) in [4.78, 5) is 5.20. The lowest BCUT2D eigenvalue weighted by molar-refractivity contribution is 0.318. The molecule has 0 aliphatic heterocycles. The Bertz CT molecular complexity index is 511. The number of imidazole rings is 1. The van der Waals surface area contributed by atoms with Gasteiger partial charge in [0.2, 0.25) is 0 Å². The van der Waals surface area contributed by atoms with Crippen molar-refractivity contribution < 1.29 is 5.21 Å². The molecule has 0 bridgehead atoms. The third-order valence-electron chi connectivity index (χ3n) is 2.20. The summed E-state index contributed by atoms with van der Waals surface area (Å²) in [5.41, 5.74) is 8.21. The first-order valence-electron chi connectivity index (χ1n) is 4.06. The van der Waals surface area contributed by atoms with Gasteiger partial charge in [-0.15, -0.1) is 11.3 Å². The Balaban J connectivity index is 2.78. The molecule has 5 nitrogen and oxygen atoms in total. The Labute approximate surface area is 84.5 Å². The maximum absolute atomic E-state index is 8.60. The molecule has 0 spiro atoms. The predicted molar refractivity (Wildman–Crippen MR) is 55.1 cm³/mol. The number of aromatic nitrogens is 2. The van der Waals surface area contributed by atoms with Gasteiger partial charge in [0.15, 0.2) is 10.8 Å². The van der Waals surface area contributed by atoms with Crippen LogP contribution in [0.1, 0.15) is 17.1 Å². The van der Waals surface area contributed by atoms with Crippen LogP contribution in [-0.4, -0.2) is 20.4 Å².